The van der Waals surface area contributed by atoms with E-state index in [4.69, 9.17) is 9.47 Å². The van der Waals surface area contributed by atoms with Gasteiger partial charge in [-0.15, -0.1) is 0 Å². The summed E-state index contributed by atoms with van der Waals surface area (Å²) in [5.74, 6) is 1.56. The number of carbonyl (C=O) groups excluding carboxylic acids is 1. The average molecular weight is 385 g/mol. The molecule has 0 unspecified atom stereocenters. The molecule has 2 aromatic heterocycles. The standard InChI is InChI=1S/C23H19N3O3/c1-15-22-17(13-26(14-28-22)12-16-5-8-24-9-6-16)10-19-21(27)20(29-23(15)19)11-18-4-2-3-7-25-18/h2-11H,12-14H2,1H3/b20-11-. The first-order valence-electron chi connectivity index (χ1n) is 9.45. The molecule has 1 aromatic carbocycles. The molecule has 0 bridgehead atoms. The van der Waals surface area contributed by atoms with Gasteiger partial charge in [-0.2, -0.15) is 0 Å². The molecule has 29 heavy (non-hydrogen) atoms. The van der Waals surface area contributed by atoms with Gasteiger partial charge >= 0.3 is 0 Å². The van der Waals surface area contributed by atoms with Gasteiger partial charge in [-0.3, -0.25) is 19.7 Å². The number of hydrogen-bond donors (Lipinski definition) is 0. The van der Waals surface area contributed by atoms with E-state index in [1.54, 1.807) is 24.7 Å². The zero-order valence-electron chi connectivity index (χ0n) is 16.0. The Morgan fingerprint density at radius 3 is 2.79 bits per heavy atom. The molecule has 0 aliphatic carbocycles. The molecule has 6 nitrogen and oxygen atoms in total. The van der Waals surface area contributed by atoms with Gasteiger partial charge in [0.25, 0.3) is 0 Å². The molecule has 0 saturated carbocycles. The minimum Gasteiger partial charge on any atom is -0.477 e. The fourth-order valence-corrected chi connectivity index (χ4v) is 3.74. The number of carbonyl (C=O) groups is 1. The van der Waals surface area contributed by atoms with Gasteiger partial charge in [-0.1, -0.05) is 6.07 Å². The Labute approximate surface area is 168 Å². The highest BCUT2D eigenvalue weighted by Gasteiger charge is 2.33. The molecule has 2 aliphatic heterocycles. The molecule has 6 heteroatoms. The summed E-state index contributed by atoms with van der Waals surface area (Å²) in [5, 5.41) is 0. The van der Waals surface area contributed by atoms with Crippen LogP contribution >= 0.6 is 0 Å². The fourth-order valence-electron chi connectivity index (χ4n) is 3.74. The topological polar surface area (TPSA) is 64.5 Å². The van der Waals surface area contributed by atoms with Gasteiger partial charge < -0.3 is 9.47 Å². The van der Waals surface area contributed by atoms with Crippen molar-refractivity contribution < 1.29 is 14.3 Å². The van der Waals surface area contributed by atoms with Crippen molar-refractivity contribution in [3.05, 3.63) is 88.7 Å². The molecule has 0 atom stereocenters. The van der Waals surface area contributed by atoms with Crippen LogP contribution < -0.4 is 9.47 Å². The molecule has 0 spiro atoms. The van der Waals surface area contributed by atoms with E-state index in [1.807, 2.05) is 43.3 Å². The summed E-state index contributed by atoms with van der Waals surface area (Å²) >= 11 is 0. The molecule has 0 N–H and O–H groups in total. The summed E-state index contributed by atoms with van der Waals surface area (Å²) in [4.78, 5) is 23.4. The van der Waals surface area contributed by atoms with Crippen molar-refractivity contribution in [2.24, 2.45) is 0 Å². The van der Waals surface area contributed by atoms with Gasteiger partial charge in [0, 0.05) is 48.9 Å². The lowest BCUT2D eigenvalue weighted by Crippen LogP contribution is -2.32. The fraction of sp³-hybridized carbons (Fsp3) is 0.174. The number of allylic oxidation sites excluding steroid dienone is 1. The number of hydrogen-bond acceptors (Lipinski definition) is 6. The number of ether oxygens (including phenoxy) is 2. The smallest absolute Gasteiger partial charge is 0.232 e. The third kappa shape index (κ3) is 3.28. The minimum absolute atomic E-state index is 0.122. The highest BCUT2D eigenvalue weighted by atomic mass is 16.5. The Kier molecular flexibility index (Phi) is 4.33. The van der Waals surface area contributed by atoms with Crippen LogP contribution in [-0.4, -0.2) is 27.4 Å². The first-order chi connectivity index (χ1) is 14.2. The maximum absolute atomic E-state index is 12.9. The van der Waals surface area contributed by atoms with E-state index in [0.717, 1.165) is 23.4 Å². The van der Waals surface area contributed by atoms with Crippen molar-refractivity contribution in [3.8, 4) is 11.5 Å². The third-order valence-corrected chi connectivity index (χ3v) is 5.12. The molecule has 2 aliphatic rings. The molecule has 3 aromatic rings. The Morgan fingerprint density at radius 2 is 2.00 bits per heavy atom. The van der Waals surface area contributed by atoms with Crippen LogP contribution in [0.15, 0.2) is 60.7 Å². The highest BCUT2D eigenvalue weighted by molar-refractivity contribution is 6.15. The first kappa shape index (κ1) is 17.6. The lowest BCUT2D eigenvalue weighted by molar-refractivity contribution is 0.0876. The van der Waals surface area contributed by atoms with Crippen LogP contribution in [0.3, 0.4) is 0 Å². The van der Waals surface area contributed by atoms with Crippen molar-refractivity contribution in [1.82, 2.24) is 14.9 Å². The molecule has 0 radical (unpaired) electrons. The van der Waals surface area contributed by atoms with E-state index in [9.17, 15) is 4.79 Å². The normalized spacial score (nSPS) is 16.9. The summed E-state index contributed by atoms with van der Waals surface area (Å²) in [6.07, 6.45) is 6.94. The van der Waals surface area contributed by atoms with Crippen LogP contribution in [0.5, 0.6) is 11.5 Å². The quantitative estimate of drug-likeness (QED) is 0.640. The lowest BCUT2D eigenvalue weighted by Gasteiger charge is -2.30. The number of Topliss-reactive ketones (excluding diaryl/α,β-unsaturated/α-hetero) is 1. The van der Waals surface area contributed by atoms with Crippen molar-refractivity contribution >= 4 is 11.9 Å². The van der Waals surface area contributed by atoms with Crippen molar-refractivity contribution in [2.45, 2.75) is 20.0 Å². The minimum atomic E-state index is -0.122. The second kappa shape index (κ2) is 7.14. The van der Waals surface area contributed by atoms with E-state index in [-0.39, 0.29) is 11.5 Å². The van der Waals surface area contributed by atoms with E-state index in [1.165, 1.54) is 5.56 Å². The highest BCUT2D eigenvalue weighted by Crippen LogP contribution is 2.43. The molecule has 144 valence electrons. The SMILES string of the molecule is Cc1c2c(cc3c1O/C(=C\c1ccccn1)C3=O)CN(Cc1ccncc1)CO2. The Bertz CT molecular complexity index is 1110. The van der Waals surface area contributed by atoms with Gasteiger partial charge in [0.1, 0.15) is 18.2 Å². The molecule has 0 saturated heterocycles. The maximum Gasteiger partial charge on any atom is 0.232 e. The average Bonchev–Trinajstić information content (AvgIpc) is 3.05. The number of nitrogens with zero attached hydrogens (tertiary/aromatic N) is 3. The zero-order valence-corrected chi connectivity index (χ0v) is 16.0. The van der Waals surface area contributed by atoms with Gasteiger partial charge in [0.15, 0.2) is 5.76 Å². The Morgan fingerprint density at radius 1 is 1.14 bits per heavy atom. The van der Waals surface area contributed by atoms with E-state index in [0.29, 0.717) is 30.3 Å². The number of ketones is 1. The second-order valence-electron chi connectivity index (χ2n) is 7.18. The molecular formula is C23H19N3O3. The largest absolute Gasteiger partial charge is 0.477 e. The summed E-state index contributed by atoms with van der Waals surface area (Å²) in [6.45, 7) is 3.89. The van der Waals surface area contributed by atoms with Crippen molar-refractivity contribution in [3.63, 3.8) is 0 Å². The maximum atomic E-state index is 12.9. The number of aromatic nitrogens is 2. The molecule has 5 rings (SSSR count). The van der Waals surface area contributed by atoms with Crippen LogP contribution in [-0.2, 0) is 13.1 Å². The van der Waals surface area contributed by atoms with Gasteiger partial charge in [-0.05, 0) is 42.8 Å². The van der Waals surface area contributed by atoms with Gasteiger partial charge in [-0.25, -0.2) is 0 Å². The molecule has 0 amide bonds. The number of fused-ring (bicyclic) bond motifs is 2. The number of rotatable bonds is 3. The molecule has 0 fully saturated rings. The second-order valence-corrected chi connectivity index (χ2v) is 7.18. The summed E-state index contributed by atoms with van der Waals surface area (Å²) in [6, 6.07) is 11.4. The Hall–Kier alpha value is -3.51. The number of pyridine rings is 2. The molecular weight excluding hydrogens is 366 g/mol. The zero-order chi connectivity index (χ0) is 19.8. The van der Waals surface area contributed by atoms with E-state index >= 15 is 0 Å². The van der Waals surface area contributed by atoms with Gasteiger partial charge in [0.2, 0.25) is 5.78 Å². The van der Waals surface area contributed by atoms with Crippen molar-refractivity contribution in [2.75, 3.05) is 6.73 Å². The summed E-state index contributed by atoms with van der Waals surface area (Å²) < 4.78 is 12.0. The third-order valence-electron chi connectivity index (χ3n) is 5.12. The van der Waals surface area contributed by atoms with Crippen molar-refractivity contribution in [1.29, 1.82) is 0 Å². The van der Waals surface area contributed by atoms with Crippen LogP contribution in [0.4, 0.5) is 0 Å². The van der Waals surface area contributed by atoms with Crippen LogP contribution in [0, 0.1) is 6.92 Å². The van der Waals surface area contributed by atoms with Crippen LogP contribution in [0.1, 0.15) is 32.7 Å². The summed E-state index contributed by atoms with van der Waals surface area (Å²) in [5.41, 5.74) is 4.30. The lowest BCUT2D eigenvalue weighted by atomic mass is 10.00. The Balaban J connectivity index is 1.44. The first-order valence-corrected chi connectivity index (χ1v) is 9.45. The van der Waals surface area contributed by atoms with Crippen LogP contribution in [0.25, 0.3) is 6.08 Å². The predicted molar refractivity (Wildman–Crippen MR) is 107 cm³/mol. The van der Waals surface area contributed by atoms with E-state index < -0.39 is 0 Å². The van der Waals surface area contributed by atoms with E-state index in [2.05, 4.69) is 14.9 Å². The molecule has 4 heterocycles. The van der Waals surface area contributed by atoms with Crippen LogP contribution in [0.2, 0.25) is 0 Å². The predicted octanol–water partition coefficient (Wildman–Crippen LogP) is 3.75. The number of benzene rings is 1. The monoisotopic (exact) mass is 385 g/mol. The van der Waals surface area contributed by atoms with Gasteiger partial charge in [0.05, 0.1) is 11.3 Å². The summed E-state index contributed by atoms with van der Waals surface area (Å²) in [7, 11) is 0.